The summed E-state index contributed by atoms with van der Waals surface area (Å²) in [5.74, 6) is 0. The molecule has 0 spiro atoms. The Kier molecular flexibility index (Phi) is 4.81. The summed E-state index contributed by atoms with van der Waals surface area (Å²) in [5, 5.41) is 4.20. The van der Waals surface area contributed by atoms with Crippen LogP contribution in [-0.4, -0.2) is 0 Å². The molecule has 18 heavy (non-hydrogen) atoms. The molecule has 0 aromatic heterocycles. The van der Waals surface area contributed by atoms with Crippen molar-refractivity contribution in [3.63, 3.8) is 0 Å². The van der Waals surface area contributed by atoms with Crippen molar-refractivity contribution in [2.75, 3.05) is 0 Å². The minimum atomic E-state index is 0.778. The molecule has 0 bridgehead atoms. The first-order chi connectivity index (χ1) is 8.65. The van der Waals surface area contributed by atoms with Gasteiger partial charge in [-0.25, -0.2) is 0 Å². The van der Waals surface area contributed by atoms with Gasteiger partial charge in [0, 0.05) is 22.6 Å². The average molecular weight is 325 g/mol. The van der Waals surface area contributed by atoms with Crippen LogP contribution in [-0.2, 0) is 13.1 Å². The molecule has 0 fully saturated rings. The van der Waals surface area contributed by atoms with Crippen LogP contribution in [0.1, 0.15) is 16.7 Å². The molecule has 0 saturated heterocycles. The quantitative estimate of drug-likeness (QED) is 0.859. The first-order valence-corrected chi connectivity index (χ1v) is 7.02. The maximum Gasteiger partial charge on any atom is 0.0406 e. The molecule has 94 valence electrons. The first kappa shape index (κ1) is 13.6. The van der Waals surface area contributed by atoms with Crippen LogP contribution in [0.15, 0.2) is 46.9 Å². The fraction of sp³-hybridized carbons (Fsp3) is 0.200. The Balaban J connectivity index is 1.90. The molecular formula is C15H15BrClN. The third-order valence-electron chi connectivity index (χ3n) is 2.77. The van der Waals surface area contributed by atoms with Crippen LogP contribution in [0.4, 0.5) is 0 Å². The first-order valence-electron chi connectivity index (χ1n) is 5.85. The summed E-state index contributed by atoms with van der Waals surface area (Å²) < 4.78 is 1.16. The van der Waals surface area contributed by atoms with Crippen molar-refractivity contribution < 1.29 is 0 Å². The molecule has 0 aliphatic rings. The highest BCUT2D eigenvalue weighted by atomic mass is 79.9. The third-order valence-corrected chi connectivity index (χ3v) is 3.76. The minimum absolute atomic E-state index is 0.778. The molecule has 3 heteroatoms. The van der Waals surface area contributed by atoms with E-state index in [2.05, 4.69) is 46.4 Å². The van der Waals surface area contributed by atoms with Crippen LogP contribution in [0.25, 0.3) is 0 Å². The molecule has 2 rings (SSSR count). The molecule has 0 unspecified atom stereocenters. The zero-order chi connectivity index (χ0) is 13.0. The van der Waals surface area contributed by atoms with Gasteiger partial charge in [-0.05, 0) is 41.8 Å². The van der Waals surface area contributed by atoms with Crippen molar-refractivity contribution in [2.24, 2.45) is 0 Å². The molecule has 1 N–H and O–H groups in total. The summed E-state index contributed by atoms with van der Waals surface area (Å²) in [5.41, 5.74) is 3.78. The smallest absolute Gasteiger partial charge is 0.0406 e. The molecule has 2 aromatic carbocycles. The van der Waals surface area contributed by atoms with Crippen molar-refractivity contribution in [1.29, 1.82) is 0 Å². The van der Waals surface area contributed by atoms with E-state index in [1.165, 1.54) is 16.7 Å². The number of nitrogens with one attached hydrogen (secondary N) is 1. The van der Waals surface area contributed by atoms with Crippen molar-refractivity contribution in [3.05, 3.63) is 68.7 Å². The van der Waals surface area contributed by atoms with Crippen LogP contribution < -0.4 is 5.32 Å². The summed E-state index contributed by atoms with van der Waals surface area (Å²) in [4.78, 5) is 0. The number of hydrogen-bond acceptors (Lipinski definition) is 1. The fourth-order valence-corrected chi connectivity index (χ4v) is 2.50. The predicted molar refractivity (Wildman–Crippen MR) is 80.9 cm³/mol. The number of benzene rings is 2. The third kappa shape index (κ3) is 3.84. The molecule has 0 saturated carbocycles. The summed E-state index contributed by atoms with van der Waals surface area (Å²) in [6, 6.07) is 14.3. The minimum Gasteiger partial charge on any atom is -0.309 e. The Morgan fingerprint density at radius 3 is 2.44 bits per heavy atom. The van der Waals surface area contributed by atoms with Gasteiger partial charge >= 0.3 is 0 Å². The lowest BCUT2D eigenvalue weighted by Gasteiger charge is -2.08. The molecule has 0 aliphatic carbocycles. The SMILES string of the molecule is Cc1ccc(CNCc2ccc(Cl)cc2)c(Br)c1. The monoisotopic (exact) mass is 323 g/mol. The summed E-state index contributed by atoms with van der Waals surface area (Å²) in [6.45, 7) is 3.79. The van der Waals surface area contributed by atoms with Gasteiger partial charge in [0.05, 0.1) is 0 Å². The Morgan fingerprint density at radius 2 is 1.78 bits per heavy atom. The molecule has 0 aliphatic heterocycles. The Bertz CT molecular complexity index is 523. The standard InChI is InChI=1S/C15H15BrClN/c1-11-2-5-13(15(16)8-11)10-18-9-12-3-6-14(17)7-4-12/h2-8,18H,9-10H2,1H3. The summed E-state index contributed by atoms with van der Waals surface area (Å²) in [7, 11) is 0. The van der Waals surface area contributed by atoms with E-state index in [1.807, 2.05) is 24.3 Å². The number of halogens is 2. The van der Waals surface area contributed by atoms with Crippen molar-refractivity contribution in [3.8, 4) is 0 Å². The summed E-state index contributed by atoms with van der Waals surface area (Å²) >= 11 is 9.44. The second kappa shape index (κ2) is 6.37. The van der Waals surface area contributed by atoms with Crippen molar-refractivity contribution >= 4 is 27.5 Å². The van der Waals surface area contributed by atoms with Crippen LogP contribution in [0.5, 0.6) is 0 Å². The molecule has 0 heterocycles. The predicted octanol–water partition coefficient (Wildman–Crippen LogP) is 4.70. The Labute approximate surface area is 121 Å². The van der Waals surface area contributed by atoms with E-state index in [4.69, 9.17) is 11.6 Å². The highest BCUT2D eigenvalue weighted by Crippen LogP contribution is 2.18. The maximum absolute atomic E-state index is 5.85. The van der Waals surface area contributed by atoms with Crippen molar-refractivity contribution in [1.82, 2.24) is 5.32 Å². The lowest BCUT2D eigenvalue weighted by Crippen LogP contribution is -2.12. The molecule has 0 atom stereocenters. The van der Waals surface area contributed by atoms with E-state index >= 15 is 0 Å². The number of aryl methyl sites for hydroxylation is 1. The molecule has 0 amide bonds. The van der Waals surface area contributed by atoms with Crippen LogP contribution in [0.2, 0.25) is 5.02 Å². The maximum atomic E-state index is 5.85. The van der Waals surface area contributed by atoms with Crippen molar-refractivity contribution in [2.45, 2.75) is 20.0 Å². The van der Waals surface area contributed by atoms with Gasteiger partial charge in [-0.1, -0.05) is 51.8 Å². The van der Waals surface area contributed by atoms with Crippen LogP contribution >= 0.6 is 27.5 Å². The Morgan fingerprint density at radius 1 is 1.06 bits per heavy atom. The average Bonchev–Trinajstić information content (AvgIpc) is 2.34. The zero-order valence-corrected chi connectivity index (χ0v) is 12.6. The zero-order valence-electron chi connectivity index (χ0n) is 10.2. The van der Waals surface area contributed by atoms with Gasteiger partial charge in [0.1, 0.15) is 0 Å². The van der Waals surface area contributed by atoms with Gasteiger partial charge in [-0.15, -0.1) is 0 Å². The Hall–Kier alpha value is -0.830. The van der Waals surface area contributed by atoms with E-state index in [9.17, 15) is 0 Å². The fourth-order valence-electron chi connectivity index (χ4n) is 1.74. The van der Waals surface area contributed by atoms with E-state index in [0.717, 1.165) is 22.6 Å². The normalized spacial score (nSPS) is 10.6. The summed E-state index contributed by atoms with van der Waals surface area (Å²) in [6.07, 6.45) is 0. The highest BCUT2D eigenvalue weighted by Gasteiger charge is 2.00. The van der Waals surface area contributed by atoms with Gasteiger partial charge in [0.2, 0.25) is 0 Å². The second-order valence-electron chi connectivity index (χ2n) is 4.32. The topological polar surface area (TPSA) is 12.0 Å². The van der Waals surface area contributed by atoms with Crippen LogP contribution in [0.3, 0.4) is 0 Å². The lowest BCUT2D eigenvalue weighted by molar-refractivity contribution is 0.691. The van der Waals surface area contributed by atoms with Gasteiger partial charge in [-0.2, -0.15) is 0 Å². The van der Waals surface area contributed by atoms with E-state index in [1.54, 1.807) is 0 Å². The largest absolute Gasteiger partial charge is 0.309 e. The van der Waals surface area contributed by atoms with E-state index < -0.39 is 0 Å². The molecule has 0 radical (unpaired) electrons. The molecule has 1 nitrogen and oxygen atoms in total. The molecular weight excluding hydrogens is 310 g/mol. The van der Waals surface area contributed by atoms with Gasteiger partial charge in [-0.3, -0.25) is 0 Å². The van der Waals surface area contributed by atoms with Crippen LogP contribution in [0, 0.1) is 6.92 Å². The number of rotatable bonds is 4. The molecule has 2 aromatic rings. The highest BCUT2D eigenvalue weighted by molar-refractivity contribution is 9.10. The second-order valence-corrected chi connectivity index (χ2v) is 5.62. The lowest BCUT2D eigenvalue weighted by atomic mass is 10.1. The van der Waals surface area contributed by atoms with E-state index in [0.29, 0.717) is 0 Å². The number of hydrogen-bond donors (Lipinski definition) is 1. The van der Waals surface area contributed by atoms with E-state index in [-0.39, 0.29) is 0 Å². The van der Waals surface area contributed by atoms with Gasteiger partial charge in [0.25, 0.3) is 0 Å². The van der Waals surface area contributed by atoms with Gasteiger partial charge in [0.15, 0.2) is 0 Å². The van der Waals surface area contributed by atoms with Gasteiger partial charge < -0.3 is 5.32 Å².